The van der Waals surface area contributed by atoms with E-state index in [1.165, 1.54) is 44.5 Å². The van der Waals surface area contributed by atoms with Crippen molar-refractivity contribution in [1.82, 2.24) is 0 Å². The smallest absolute Gasteiger partial charge is 0.335 e. The van der Waals surface area contributed by atoms with Gasteiger partial charge in [0, 0.05) is 94.1 Å². The van der Waals surface area contributed by atoms with Gasteiger partial charge in [-0.25, -0.2) is 19.2 Å². The van der Waals surface area contributed by atoms with Crippen molar-refractivity contribution in [2.45, 2.75) is 228 Å². The predicted molar refractivity (Wildman–Crippen MR) is 555 cm³/mol. The molecule has 8 aromatic rings. The number of carboxylic acids is 4. The Morgan fingerprint density at radius 1 is 0.329 bits per heavy atom. The van der Waals surface area contributed by atoms with E-state index in [0.717, 1.165) is 247 Å². The molecule has 20 nitrogen and oxygen atoms in total. The van der Waals surface area contributed by atoms with Gasteiger partial charge in [0.2, 0.25) is 0 Å². The number of hydrogen-bond acceptors (Lipinski definition) is 16. The Labute approximate surface area is 844 Å². The van der Waals surface area contributed by atoms with E-state index in [0.29, 0.717) is 75.8 Å². The van der Waals surface area contributed by atoms with Gasteiger partial charge in [0.25, 0.3) is 0 Å². The van der Waals surface area contributed by atoms with E-state index in [2.05, 4.69) is 122 Å². The second kappa shape index (κ2) is 41.4. The number of anilines is 4. The first kappa shape index (κ1) is 101. The molecule has 8 aliphatic carbocycles. The number of carboxylic acid groups (broad SMARTS) is 4. The third-order valence-corrected chi connectivity index (χ3v) is 36.3. The number of fused-ring (bicyclic) bond motifs is 12. The summed E-state index contributed by atoms with van der Waals surface area (Å²) in [5.74, 6) is 0.286. The Hall–Kier alpha value is -10.0. The van der Waals surface area contributed by atoms with Crippen molar-refractivity contribution >= 4 is 93.0 Å². The van der Waals surface area contributed by atoms with E-state index >= 15 is 0 Å². The number of rotatable bonds is 24. The lowest BCUT2D eigenvalue weighted by atomic mass is 9.57. The normalized spacial score (nSPS) is 28.2. The van der Waals surface area contributed by atoms with E-state index in [4.69, 9.17) is 65.4 Å². The van der Waals surface area contributed by atoms with Crippen LogP contribution in [0.2, 0.25) is 20.1 Å². The standard InChI is InChI=1S/4C29H34ClNO4/c4*1-3-5-26(32)28(2)13-11-21(28)16-31-17-29(12-4-6-19-14-22(30)8-9-23(19)29)18-35-25-10-7-20(27(33)34)15-24(25)31/h4*3,7-10,14-15,21,26,32H,1,4-6,11-13,16-18H2,2H3,(H,33,34)/t2*21-,26+,28-,29+;21-,26+,28-,29-;21-,26-,28-,29-/m1100/s1. The van der Waals surface area contributed by atoms with Gasteiger partial charge >= 0.3 is 23.9 Å². The molecule has 0 amide bonds. The molecule has 4 saturated carbocycles. The average Bonchev–Trinajstić information content (AvgIpc) is 1.60. The highest BCUT2D eigenvalue weighted by molar-refractivity contribution is 6.31. The largest absolute Gasteiger partial charge is 0.490 e. The van der Waals surface area contributed by atoms with Gasteiger partial charge in [0.1, 0.15) is 23.0 Å². The summed E-state index contributed by atoms with van der Waals surface area (Å²) in [6.07, 6.45) is 28.0. The SMILES string of the molecule is C=CC[C@@H](O)[C@@]1(C)CC[C@H]1CN1C[C@@]2(CCCc3cc(Cl)ccc32)COc2ccc(C(=O)O)cc21.C=CC[C@H](O)[C@@]1(C)CC[C@H]1CN1C[C@@]2(CCCc3cc(Cl)ccc32)COc2ccc(C(=O)O)cc21.C=CC[C@H](O)[C@]1(C)CC[C@@H]1CN1C[C@@]2(CCCc3cc(Cl)ccc32)COc2ccc(C(=O)O)cc21.C=CC[C@H](O)[C@]1(C)CC[C@@H]1CN1C[C@@]2(CCCc3cc(Cl)ccc32)COc2ccc(C(=O)O)cc21. The van der Waals surface area contributed by atoms with Crippen molar-refractivity contribution in [2.24, 2.45) is 45.3 Å². The molecule has 0 bridgehead atoms. The maximum Gasteiger partial charge on any atom is 0.335 e. The number of carbonyl (C=O) groups is 4. The van der Waals surface area contributed by atoms with Crippen LogP contribution in [0.25, 0.3) is 0 Å². The van der Waals surface area contributed by atoms with Crippen LogP contribution in [0.1, 0.15) is 242 Å². The number of aryl methyl sites for hydroxylation is 4. The highest BCUT2D eigenvalue weighted by atomic mass is 35.5. The molecule has 8 N–H and O–H groups in total. The molecule has 0 radical (unpaired) electrons. The summed E-state index contributed by atoms with van der Waals surface area (Å²) >= 11 is 25.4. The average molecular weight is 1980 g/mol. The fourth-order valence-electron chi connectivity index (χ4n) is 25.9. The lowest BCUT2D eigenvalue weighted by Crippen LogP contribution is -2.53. The van der Waals surface area contributed by atoms with Crippen LogP contribution in [0.4, 0.5) is 22.7 Å². The van der Waals surface area contributed by atoms with Gasteiger partial charge in [-0.2, -0.15) is 0 Å². The molecule has 24 heteroatoms. The Kier molecular flexibility index (Phi) is 30.0. The van der Waals surface area contributed by atoms with Crippen molar-refractivity contribution in [3.05, 3.63) is 283 Å². The Bertz CT molecular complexity index is 5310. The van der Waals surface area contributed by atoms with E-state index in [9.17, 15) is 60.0 Å². The summed E-state index contributed by atoms with van der Waals surface area (Å²) in [6, 6.07) is 45.4. The van der Waals surface area contributed by atoms with E-state index < -0.39 is 48.3 Å². The molecule has 8 aromatic carbocycles. The number of ether oxygens (including phenoxy) is 4. The Morgan fingerprint density at radius 3 is 0.714 bits per heavy atom. The Balaban J connectivity index is 0.000000129. The third kappa shape index (κ3) is 19.9. The van der Waals surface area contributed by atoms with Crippen molar-refractivity contribution in [3.8, 4) is 23.0 Å². The molecule has 16 atom stereocenters. The molecule has 0 saturated heterocycles. The number of aromatic carboxylic acids is 4. The fraction of sp³-hybridized carbons (Fsp3) is 0.483. The summed E-state index contributed by atoms with van der Waals surface area (Å²) in [5, 5.41) is 85.3. The molecule has 4 heterocycles. The van der Waals surface area contributed by atoms with Crippen LogP contribution >= 0.6 is 46.4 Å². The molecule has 12 aliphatic rings. The first-order valence-corrected chi connectivity index (χ1v) is 51.9. The molecule has 140 heavy (non-hydrogen) atoms. The van der Waals surface area contributed by atoms with E-state index in [-0.39, 0.29) is 65.6 Å². The zero-order valence-corrected chi connectivity index (χ0v) is 84.2. The van der Waals surface area contributed by atoms with Gasteiger partial charge in [0.05, 0.1) is 95.8 Å². The highest BCUT2D eigenvalue weighted by Gasteiger charge is 2.56. The molecule has 0 aromatic heterocycles. The second-order valence-electron chi connectivity index (χ2n) is 43.5. The van der Waals surface area contributed by atoms with Gasteiger partial charge in [-0.05, 0) is 365 Å². The molecule has 20 rings (SSSR count). The molecular formula is C116H136Cl4N4O16. The molecular weight excluding hydrogens is 1850 g/mol. The van der Waals surface area contributed by atoms with Gasteiger partial charge < -0.3 is 79.4 Å². The minimum atomic E-state index is -0.945. The van der Waals surface area contributed by atoms with Crippen molar-refractivity contribution in [3.63, 3.8) is 0 Å². The number of aliphatic hydroxyl groups excluding tert-OH is 4. The number of nitrogens with zero attached hydrogens (tertiary/aromatic N) is 4. The van der Waals surface area contributed by atoms with Crippen LogP contribution in [0, 0.1) is 45.3 Å². The van der Waals surface area contributed by atoms with Gasteiger partial charge in [0.15, 0.2) is 0 Å². The Morgan fingerprint density at radius 2 is 0.536 bits per heavy atom. The molecule has 4 fully saturated rings. The molecule has 4 aliphatic heterocycles. The molecule has 744 valence electrons. The third-order valence-electron chi connectivity index (χ3n) is 35.4. The van der Waals surface area contributed by atoms with Gasteiger partial charge in [-0.15, -0.1) is 26.3 Å². The predicted octanol–water partition coefficient (Wildman–Crippen LogP) is 23.5. The van der Waals surface area contributed by atoms with Crippen LogP contribution in [-0.2, 0) is 47.3 Å². The topological polar surface area (TPSA) is 280 Å². The van der Waals surface area contributed by atoms with Crippen molar-refractivity contribution in [1.29, 1.82) is 0 Å². The minimum absolute atomic E-state index is 0.183. The maximum absolute atomic E-state index is 11.8. The number of halogens is 4. The highest BCUT2D eigenvalue weighted by Crippen LogP contribution is 2.59. The quantitative estimate of drug-likeness (QED) is 0.0261. The van der Waals surface area contributed by atoms with Crippen LogP contribution in [-0.4, -0.2) is 168 Å². The lowest BCUT2D eigenvalue weighted by molar-refractivity contribution is -0.0695. The number of benzene rings is 8. The minimum Gasteiger partial charge on any atom is -0.490 e. The number of aliphatic hydroxyl groups is 4. The van der Waals surface area contributed by atoms with Gasteiger partial charge in [-0.1, -0.05) is 123 Å². The summed E-state index contributed by atoms with van der Waals surface area (Å²) in [6.45, 7) is 32.0. The summed E-state index contributed by atoms with van der Waals surface area (Å²) in [5.41, 5.74) is 13.0. The monoisotopic (exact) mass is 1980 g/mol. The second-order valence-corrected chi connectivity index (χ2v) is 45.2. The van der Waals surface area contributed by atoms with Crippen LogP contribution < -0.4 is 38.5 Å². The van der Waals surface area contributed by atoms with Crippen molar-refractivity contribution < 1.29 is 79.0 Å². The van der Waals surface area contributed by atoms with Crippen molar-refractivity contribution in [2.75, 3.05) is 98.4 Å². The zero-order chi connectivity index (χ0) is 99.2. The van der Waals surface area contributed by atoms with E-state index in [1.807, 2.05) is 24.3 Å². The maximum atomic E-state index is 11.8. The van der Waals surface area contributed by atoms with Crippen LogP contribution in [0.3, 0.4) is 0 Å². The number of hydrogen-bond donors (Lipinski definition) is 8. The summed E-state index contributed by atoms with van der Waals surface area (Å²) < 4.78 is 25.7. The van der Waals surface area contributed by atoms with Gasteiger partial charge in [-0.3, -0.25) is 0 Å². The molecule has 0 unspecified atom stereocenters. The summed E-state index contributed by atoms with van der Waals surface area (Å²) in [4.78, 5) is 56.6. The fourth-order valence-corrected chi connectivity index (χ4v) is 26.7. The van der Waals surface area contributed by atoms with Crippen LogP contribution in [0.5, 0.6) is 23.0 Å². The molecule has 4 spiro atoms. The first-order valence-electron chi connectivity index (χ1n) is 50.3. The first-order chi connectivity index (χ1) is 67.0. The van der Waals surface area contributed by atoms with Crippen LogP contribution in [0.15, 0.2) is 196 Å². The van der Waals surface area contributed by atoms with E-state index in [1.54, 1.807) is 97.1 Å². The summed E-state index contributed by atoms with van der Waals surface area (Å²) in [7, 11) is 0. The zero-order valence-electron chi connectivity index (χ0n) is 81.2. The lowest BCUT2D eigenvalue weighted by Gasteiger charge is -2.52.